The van der Waals surface area contributed by atoms with Crippen LogP contribution in [0, 0.1) is 29.1 Å². The first-order valence-corrected chi connectivity index (χ1v) is 21.9. The van der Waals surface area contributed by atoms with Gasteiger partial charge in [-0.25, -0.2) is 0 Å². The minimum absolute atomic E-state index is 0.184. The maximum absolute atomic E-state index is 6.77. The lowest BCUT2D eigenvalue weighted by Crippen LogP contribution is -2.43. The van der Waals surface area contributed by atoms with Crippen LogP contribution < -0.4 is 5.32 Å². The summed E-state index contributed by atoms with van der Waals surface area (Å²) in [4.78, 5) is 5.36. The van der Waals surface area contributed by atoms with Crippen LogP contribution in [0.3, 0.4) is 0 Å². The van der Waals surface area contributed by atoms with Gasteiger partial charge in [0, 0.05) is 17.9 Å². The molecule has 0 radical (unpaired) electrons. The highest BCUT2D eigenvalue weighted by molar-refractivity contribution is 5.99. The summed E-state index contributed by atoms with van der Waals surface area (Å²) in [7, 11) is 0. The highest BCUT2D eigenvalue weighted by Gasteiger charge is 2.53. The maximum atomic E-state index is 6.77. The molecule has 1 N–H and O–H groups in total. The van der Waals surface area contributed by atoms with E-state index >= 15 is 0 Å². The van der Waals surface area contributed by atoms with Crippen molar-refractivity contribution in [1.82, 2.24) is 5.32 Å². The molecule has 0 aromatic heterocycles. The van der Waals surface area contributed by atoms with Crippen LogP contribution in [0.5, 0.6) is 0 Å². The molecule has 6 unspecified atom stereocenters. The molecule has 9 aliphatic rings. The highest BCUT2D eigenvalue weighted by atomic mass is 16.5. The number of ether oxygens (including phenoxy) is 1. The van der Waals surface area contributed by atoms with Gasteiger partial charge in [-0.2, -0.15) is 0 Å². The van der Waals surface area contributed by atoms with E-state index in [4.69, 9.17) is 9.73 Å². The van der Waals surface area contributed by atoms with E-state index in [0.29, 0.717) is 17.8 Å². The predicted molar refractivity (Wildman–Crippen MR) is 236 cm³/mol. The van der Waals surface area contributed by atoms with Gasteiger partial charge in [-0.05, 0) is 121 Å². The lowest BCUT2D eigenvalue weighted by Gasteiger charge is -2.51. The van der Waals surface area contributed by atoms with Gasteiger partial charge >= 0.3 is 0 Å². The van der Waals surface area contributed by atoms with Gasteiger partial charge < -0.3 is 10.1 Å². The molecule has 3 heteroatoms. The minimum atomic E-state index is -0.184. The van der Waals surface area contributed by atoms with Gasteiger partial charge in [0.05, 0.1) is 17.5 Å². The molecule has 0 spiro atoms. The van der Waals surface area contributed by atoms with E-state index in [1.807, 2.05) is 0 Å². The Morgan fingerprint density at radius 2 is 1.56 bits per heavy atom. The molecule has 288 valence electrons. The molecule has 0 saturated heterocycles. The lowest BCUT2D eigenvalue weighted by molar-refractivity contribution is 0.149. The van der Waals surface area contributed by atoms with E-state index in [9.17, 15) is 0 Å². The first kappa shape index (κ1) is 36.2. The fourth-order valence-corrected chi connectivity index (χ4v) is 11.0. The molecule has 1 aromatic carbocycles. The van der Waals surface area contributed by atoms with Crippen molar-refractivity contribution < 1.29 is 4.74 Å². The van der Waals surface area contributed by atoms with Crippen molar-refractivity contribution in [2.24, 2.45) is 34.1 Å². The largest absolute Gasteiger partial charge is 0.465 e. The number of benzene rings is 1. The SMILES string of the molecule is C[C@@H]1C=CC2=C(C1)OC1=CC=CCC1C2(C1=CCC(C2C=CC(C3=CC=C(C4CC(c5ccccc5)NC(C5=CC=CCC5)=N4)CC3)=CC2)C=C1)C1=CC=CCC1. The average Bonchev–Trinajstić information content (AvgIpc) is 3.29. The van der Waals surface area contributed by atoms with Gasteiger partial charge in [0.25, 0.3) is 0 Å². The van der Waals surface area contributed by atoms with Gasteiger partial charge in [0.15, 0.2) is 0 Å². The van der Waals surface area contributed by atoms with Crippen molar-refractivity contribution in [2.75, 3.05) is 0 Å². The second kappa shape index (κ2) is 15.7. The Balaban J connectivity index is 0.861. The van der Waals surface area contributed by atoms with Gasteiger partial charge in [0.2, 0.25) is 0 Å². The third-order valence-corrected chi connectivity index (χ3v) is 14.0. The van der Waals surface area contributed by atoms with E-state index in [1.54, 1.807) is 5.57 Å². The quantitative estimate of drug-likeness (QED) is 0.301. The van der Waals surface area contributed by atoms with Crippen molar-refractivity contribution in [3.8, 4) is 0 Å². The maximum Gasteiger partial charge on any atom is 0.125 e. The summed E-state index contributed by atoms with van der Waals surface area (Å²) >= 11 is 0. The van der Waals surface area contributed by atoms with Crippen molar-refractivity contribution in [2.45, 2.75) is 89.6 Å². The van der Waals surface area contributed by atoms with Crippen LogP contribution in [-0.2, 0) is 4.74 Å². The molecule has 1 aromatic rings. The van der Waals surface area contributed by atoms with Gasteiger partial charge in [-0.15, -0.1) is 0 Å². The van der Waals surface area contributed by atoms with Gasteiger partial charge in [-0.1, -0.05) is 152 Å². The number of amidine groups is 1. The zero-order chi connectivity index (χ0) is 38.2. The predicted octanol–water partition coefficient (Wildman–Crippen LogP) is 13.0. The molecule has 2 aliphatic heterocycles. The minimum Gasteiger partial charge on any atom is -0.465 e. The third-order valence-electron chi connectivity index (χ3n) is 14.0. The van der Waals surface area contributed by atoms with Crippen molar-refractivity contribution in [1.29, 1.82) is 0 Å². The summed E-state index contributed by atoms with van der Waals surface area (Å²) in [5.41, 5.74) is 11.3. The third kappa shape index (κ3) is 6.88. The number of fused-ring (bicyclic) bond motifs is 1. The summed E-state index contributed by atoms with van der Waals surface area (Å²) in [6.07, 6.45) is 57.0. The second-order valence-electron chi connectivity index (χ2n) is 17.5. The van der Waals surface area contributed by atoms with E-state index in [-0.39, 0.29) is 23.4 Å². The van der Waals surface area contributed by atoms with Crippen LogP contribution in [-0.4, -0.2) is 11.9 Å². The molecule has 10 rings (SSSR count). The average molecular weight is 749 g/mol. The van der Waals surface area contributed by atoms with Crippen LogP contribution in [0.15, 0.2) is 201 Å². The normalized spacial score (nSPS) is 32.9. The molecular formula is C54H56N2O. The fourth-order valence-electron chi connectivity index (χ4n) is 11.0. The van der Waals surface area contributed by atoms with Crippen LogP contribution in [0.4, 0.5) is 0 Å². The molecule has 0 bridgehead atoms. The van der Waals surface area contributed by atoms with Crippen molar-refractivity contribution in [3.05, 3.63) is 202 Å². The van der Waals surface area contributed by atoms with E-state index in [2.05, 4.69) is 158 Å². The zero-order valence-corrected chi connectivity index (χ0v) is 33.5. The molecule has 7 aliphatic carbocycles. The monoisotopic (exact) mass is 748 g/mol. The van der Waals surface area contributed by atoms with E-state index in [0.717, 1.165) is 82.2 Å². The fraction of sp³-hybridized carbons (Fsp3) is 0.352. The summed E-state index contributed by atoms with van der Waals surface area (Å²) in [6, 6.07) is 11.4. The van der Waals surface area contributed by atoms with E-state index < -0.39 is 0 Å². The molecular weight excluding hydrogens is 693 g/mol. The van der Waals surface area contributed by atoms with E-state index in [1.165, 1.54) is 44.8 Å². The van der Waals surface area contributed by atoms with Crippen LogP contribution in [0.1, 0.15) is 89.2 Å². The van der Waals surface area contributed by atoms with Crippen LogP contribution in [0.2, 0.25) is 0 Å². The molecule has 0 fully saturated rings. The Hall–Kier alpha value is -5.15. The summed E-state index contributed by atoms with van der Waals surface area (Å²) in [5, 5.41) is 3.82. The van der Waals surface area contributed by atoms with Gasteiger partial charge in [-0.3, -0.25) is 4.99 Å². The first-order valence-electron chi connectivity index (χ1n) is 21.9. The van der Waals surface area contributed by atoms with Crippen LogP contribution >= 0.6 is 0 Å². The summed E-state index contributed by atoms with van der Waals surface area (Å²) in [5.74, 6) is 5.21. The standard InChI is InChI=1S/C54H56N2O/c1-37-21-34-48-52(35-37)57-51-20-12-11-19-47(51)54(48,45-17-9-4-10-18-45)46-32-30-41(31-33-46)39-24-22-38(23-25-39)40-26-28-43(29-27-40)50-36-49(42-13-5-2-6-14-42)55-53(56-50)44-15-7-3-8-16-44/h2-7,9,11-15,17,20-24,26,28,30,32-34,37,39,41,47,49-50H,8,10,16,18-19,25,27,29,31,35-36H2,1H3,(H,55,56)/t37-,39?,41?,47?,49?,50?,54?/m1/s1. The number of allylic oxidation sites excluding steroid dienone is 26. The number of hydrogen-bond donors (Lipinski definition) is 1. The molecule has 57 heavy (non-hydrogen) atoms. The Bertz CT molecular complexity index is 2270. The number of hydrogen-bond acceptors (Lipinski definition) is 3. The zero-order valence-electron chi connectivity index (χ0n) is 33.5. The Morgan fingerprint density at radius 1 is 0.737 bits per heavy atom. The lowest BCUT2D eigenvalue weighted by atomic mass is 9.54. The number of rotatable bonds is 7. The first-order chi connectivity index (χ1) is 28.1. The topological polar surface area (TPSA) is 33.6 Å². The summed E-state index contributed by atoms with van der Waals surface area (Å²) in [6.45, 7) is 2.31. The van der Waals surface area contributed by atoms with Crippen molar-refractivity contribution >= 4 is 5.84 Å². The molecule has 2 heterocycles. The number of aliphatic imine (C=N–C) groups is 1. The second-order valence-corrected chi connectivity index (χ2v) is 17.5. The molecule has 0 saturated carbocycles. The Kier molecular flexibility index (Phi) is 9.94. The molecule has 3 nitrogen and oxygen atoms in total. The number of nitrogens with zero attached hydrogens (tertiary/aromatic N) is 1. The highest BCUT2D eigenvalue weighted by Crippen LogP contribution is 2.61. The Labute approximate surface area is 340 Å². The summed E-state index contributed by atoms with van der Waals surface area (Å²) < 4.78 is 6.77. The molecule has 0 amide bonds. The van der Waals surface area contributed by atoms with Gasteiger partial charge in [0.1, 0.15) is 17.4 Å². The van der Waals surface area contributed by atoms with Crippen molar-refractivity contribution in [3.63, 3.8) is 0 Å². The number of nitrogens with one attached hydrogen (secondary N) is 1. The Morgan fingerprint density at radius 3 is 2.30 bits per heavy atom. The van der Waals surface area contributed by atoms with Crippen LogP contribution in [0.25, 0.3) is 0 Å². The molecule has 7 atom stereocenters. The smallest absolute Gasteiger partial charge is 0.125 e.